The highest BCUT2D eigenvalue weighted by Crippen LogP contribution is 2.27. The van der Waals surface area contributed by atoms with Gasteiger partial charge >= 0.3 is 0 Å². The summed E-state index contributed by atoms with van der Waals surface area (Å²) in [7, 11) is 0. The van der Waals surface area contributed by atoms with E-state index in [2.05, 4.69) is 18.3 Å². The van der Waals surface area contributed by atoms with Crippen molar-refractivity contribution in [3.8, 4) is 0 Å². The second-order valence-corrected chi connectivity index (χ2v) is 6.79. The quantitative estimate of drug-likeness (QED) is 0.922. The summed E-state index contributed by atoms with van der Waals surface area (Å²) in [6.45, 7) is 6.56. The van der Waals surface area contributed by atoms with Gasteiger partial charge in [-0.2, -0.15) is 0 Å². The Morgan fingerprint density at radius 2 is 1.76 bits per heavy atom. The topological polar surface area (TPSA) is 49.4 Å². The van der Waals surface area contributed by atoms with Crippen LogP contribution in [0.3, 0.4) is 0 Å². The predicted molar refractivity (Wildman–Crippen MR) is 101 cm³/mol. The molecule has 0 bridgehead atoms. The number of anilines is 2. The van der Waals surface area contributed by atoms with E-state index in [1.54, 1.807) is 4.90 Å². The van der Waals surface area contributed by atoms with Crippen molar-refractivity contribution in [2.45, 2.75) is 33.6 Å². The van der Waals surface area contributed by atoms with E-state index in [4.69, 9.17) is 0 Å². The zero-order chi connectivity index (χ0) is 18.0. The van der Waals surface area contributed by atoms with E-state index in [1.807, 2.05) is 50.2 Å². The van der Waals surface area contributed by atoms with Gasteiger partial charge in [-0.25, -0.2) is 0 Å². The van der Waals surface area contributed by atoms with Crippen LogP contribution in [0, 0.1) is 19.8 Å². The van der Waals surface area contributed by atoms with Gasteiger partial charge in [0.05, 0.1) is 5.92 Å². The molecule has 2 amide bonds. The molecule has 0 spiro atoms. The van der Waals surface area contributed by atoms with E-state index < -0.39 is 0 Å². The Morgan fingerprint density at radius 1 is 1.12 bits per heavy atom. The standard InChI is InChI=1S/C21H24N2O2/c1-4-16-5-7-18(8-6-16)22-21(25)17-12-20(24)23(13-17)19-10-14(2)9-15(3)11-19/h5-11,17H,4,12-13H2,1-3H3,(H,22,25)/t17-/m1/s1. The maximum atomic E-state index is 12.5. The molecule has 1 fully saturated rings. The Bertz CT molecular complexity index is 776. The maximum Gasteiger partial charge on any atom is 0.229 e. The molecule has 4 heteroatoms. The molecular formula is C21H24N2O2. The molecule has 3 rings (SSSR count). The second-order valence-electron chi connectivity index (χ2n) is 6.79. The lowest BCUT2D eigenvalue weighted by atomic mass is 10.1. The highest BCUT2D eigenvalue weighted by atomic mass is 16.2. The van der Waals surface area contributed by atoms with Crippen LogP contribution in [0.2, 0.25) is 0 Å². The van der Waals surface area contributed by atoms with Crippen LogP contribution in [0.4, 0.5) is 11.4 Å². The number of rotatable bonds is 4. The maximum absolute atomic E-state index is 12.5. The van der Waals surface area contributed by atoms with Crippen molar-refractivity contribution in [3.63, 3.8) is 0 Å². The SMILES string of the molecule is CCc1ccc(NC(=O)[C@@H]2CC(=O)N(c3cc(C)cc(C)c3)C2)cc1. The van der Waals surface area contributed by atoms with Gasteiger partial charge < -0.3 is 10.2 Å². The summed E-state index contributed by atoms with van der Waals surface area (Å²) in [6.07, 6.45) is 1.22. The first kappa shape index (κ1) is 17.2. The summed E-state index contributed by atoms with van der Waals surface area (Å²) in [4.78, 5) is 26.7. The minimum Gasteiger partial charge on any atom is -0.326 e. The minimum atomic E-state index is -0.320. The molecule has 2 aromatic rings. The highest BCUT2D eigenvalue weighted by Gasteiger charge is 2.35. The van der Waals surface area contributed by atoms with Crippen LogP contribution < -0.4 is 10.2 Å². The molecule has 0 aliphatic carbocycles. The van der Waals surface area contributed by atoms with Crippen molar-refractivity contribution in [1.82, 2.24) is 0 Å². The molecule has 0 saturated carbocycles. The molecule has 1 aliphatic heterocycles. The van der Waals surface area contributed by atoms with Crippen molar-refractivity contribution in [2.75, 3.05) is 16.8 Å². The molecule has 1 atom stereocenters. The molecule has 0 unspecified atom stereocenters. The Hall–Kier alpha value is -2.62. The Kier molecular flexibility index (Phi) is 4.88. The number of hydrogen-bond acceptors (Lipinski definition) is 2. The van der Waals surface area contributed by atoms with E-state index >= 15 is 0 Å². The van der Waals surface area contributed by atoms with Gasteiger partial charge in [-0.15, -0.1) is 0 Å². The monoisotopic (exact) mass is 336 g/mol. The van der Waals surface area contributed by atoms with Crippen molar-refractivity contribution in [3.05, 3.63) is 59.2 Å². The summed E-state index contributed by atoms with van der Waals surface area (Å²) in [6, 6.07) is 13.9. The largest absolute Gasteiger partial charge is 0.326 e. The number of aryl methyl sites for hydroxylation is 3. The van der Waals surface area contributed by atoms with Gasteiger partial charge in [0, 0.05) is 24.3 Å². The van der Waals surface area contributed by atoms with Crippen molar-refractivity contribution in [2.24, 2.45) is 5.92 Å². The Labute approximate surface area is 148 Å². The van der Waals surface area contributed by atoms with Gasteiger partial charge in [0.25, 0.3) is 0 Å². The second kappa shape index (κ2) is 7.09. The van der Waals surface area contributed by atoms with Gasteiger partial charge in [-0.05, 0) is 61.2 Å². The number of carbonyl (C=O) groups excluding carboxylic acids is 2. The fourth-order valence-corrected chi connectivity index (χ4v) is 3.31. The summed E-state index contributed by atoms with van der Waals surface area (Å²) in [5.74, 6) is -0.407. The van der Waals surface area contributed by atoms with Gasteiger partial charge in [-0.3, -0.25) is 9.59 Å². The number of nitrogens with one attached hydrogen (secondary N) is 1. The van der Waals surface area contributed by atoms with Gasteiger partial charge in [0.1, 0.15) is 0 Å². The van der Waals surface area contributed by atoms with Crippen LogP contribution in [0.15, 0.2) is 42.5 Å². The third-order valence-electron chi connectivity index (χ3n) is 4.64. The zero-order valence-electron chi connectivity index (χ0n) is 15.0. The van der Waals surface area contributed by atoms with E-state index in [9.17, 15) is 9.59 Å². The molecule has 1 saturated heterocycles. The smallest absolute Gasteiger partial charge is 0.229 e. The molecule has 1 aliphatic rings. The van der Waals surface area contributed by atoms with Crippen molar-refractivity contribution >= 4 is 23.2 Å². The predicted octanol–water partition coefficient (Wildman–Crippen LogP) is 3.86. The molecular weight excluding hydrogens is 312 g/mol. The minimum absolute atomic E-state index is 0.00600. The molecule has 0 aromatic heterocycles. The van der Waals surface area contributed by atoms with Crippen LogP contribution in [0.5, 0.6) is 0 Å². The van der Waals surface area contributed by atoms with E-state index in [0.717, 1.165) is 28.9 Å². The molecule has 130 valence electrons. The lowest BCUT2D eigenvalue weighted by Gasteiger charge is -2.18. The van der Waals surface area contributed by atoms with E-state index in [-0.39, 0.29) is 24.2 Å². The van der Waals surface area contributed by atoms with Gasteiger partial charge in [0.15, 0.2) is 0 Å². The number of benzene rings is 2. The number of nitrogens with zero attached hydrogens (tertiary/aromatic N) is 1. The lowest BCUT2D eigenvalue weighted by Crippen LogP contribution is -2.28. The van der Waals surface area contributed by atoms with Crippen molar-refractivity contribution < 1.29 is 9.59 Å². The number of amides is 2. The summed E-state index contributed by atoms with van der Waals surface area (Å²) in [5, 5.41) is 2.93. The molecule has 1 N–H and O–H groups in total. The van der Waals surface area contributed by atoms with Crippen LogP contribution in [0.1, 0.15) is 30.0 Å². The summed E-state index contributed by atoms with van der Waals surface area (Å²) >= 11 is 0. The molecule has 4 nitrogen and oxygen atoms in total. The normalized spacial score (nSPS) is 17.0. The van der Waals surface area contributed by atoms with Crippen LogP contribution >= 0.6 is 0 Å². The first-order chi connectivity index (χ1) is 12.0. The van der Waals surface area contributed by atoms with Gasteiger partial charge in [-0.1, -0.05) is 25.1 Å². The molecule has 1 heterocycles. The average molecular weight is 336 g/mol. The van der Waals surface area contributed by atoms with Crippen LogP contribution in [-0.2, 0) is 16.0 Å². The van der Waals surface area contributed by atoms with Crippen LogP contribution in [-0.4, -0.2) is 18.4 Å². The fourth-order valence-electron chi connectivity index (χ4n) is 3.31. The van der Waals surface area contributed by atoms with Crippen molar-refractivity contribution in [1.29, 1.82) is 0 Å². The molecule has 2 aromatic carbocycles. The first-order valence-electron chi connectivity index (χ1n) is 8.74. The Balaban J connectivity index is 1.69. The average Bonchev–Trinajstić information content (AvgIpc) is 2.97. The van der Waals surface area contributed by atoms with Gasteiger partial charge in [0.2, 0.25) is 11.8 Å². The number of hydrogen-bond donors (Lipinski definition) is 1. The fraction of sp³-hybridized carbons (Fsp3) is 0.333. The van der Waals surface area contributed by atoms with E-state index in [0.29, 0.717) is 6.54 Å². The summed E-state index contributed by atoms with van der Waals surface area (Å²) in [5.41, 5.74) is 5.12. The van der Waals surface area contributed by atoms with Crippen LogP contribution in [0.25, 0.3) is 0 Å². The first-order valence-corrected chi connectivity index (χ1v) is 8.74. The zero-order valence-corrected chi connectivity index (χ0v) is 15.0. The number of carbonyl (C=O) groups is 2. The molecule has 0 radical (unpaired) electrons. The third-order valence-corrected chi connectivity index (χ3v) is 4.64. The highest BCUT2D eigenvalue weighted by molar-refractivity contribution is 6.03. The Morgan fingerprint density at radius 3 is 2.36 bits per heavy atom. The summed E-state index contributed by atoms with van der Waals surface area (Å²) < 4.78 is 0. The third kappa shape index (κ3) is 3.90. The lowest BCUT2D eigenvalue weighted by molar-refractivity contribution is -0.122. The molecule has 25 heavy (non-hydrogen) atoms. The van der Waals surface area contributed by atoms with E-state index in [1.165, 1.54) is 5.56 Å².